The molecule has 0 saturated carbocycles. The molecule has 3 atom stereocenters. The largest absolute Gasteiger partial charge is 0.391 e. The van der Waals surface area contributed by atoms with Gasteiger partial charge in [-0.1, -0.05) is 34.1 Å². The van der Waals surface area contributed by atoms with E-state index in [1.54, 1.807) is 0 Å². The Morgan fingerprint density at radius 2 is 1.84 bits per heavy atom. The van der Waals surface area contributed by atoms with Crippen molar-refractivity contribution in [3.8, 4) is 0 Å². The van der Waals surface area contributed by atoms with Gasteiger partial charge in [-0.2, -0.15) is 0 Å². The van der Waals surface area contributed by atoms with Crippen molar-refractivity contribution in [3.63, 3.8) is 0 Å². The van der Waals surface area contributed by atoms with E-state index in [9.17, 15) is 14.7 Å². The molecule has 0 aromatic rings. The van der Waals surface area contributed by atoms with Gasteiger partial charge in [0, 0.05) is 6.54 Å². The quantitative estimate of drug-likeness (QED) is 0.520. The SMILES string of the molecule is CCC(C)C(NC(N)=O)C(=O)NCC(O)CC(C)C. The first-order chi connectivity index (χ1) is 8.77. The van der Waals surface area contributed by atoms with Gasteiger partial charge in [0.05, 0.1) is 6.10 Å². The summed E-state index contributed by atoms with van der Waals surface area (Å²) in [5, 5.41) is 14.8. The molecule has 0 rings (SSSR count). The van der Waals surface area contributed by atoms with Gasteiger partial charge in [-0.25, -0.2) is 4.79 Å². The number of aliphatic hydroxyl groups is 1. The Bertz CT molecular complexity index is 295. The molecule has 0 radical (unpaired) electrons. The number of aliphatic hydroxyl groups excluding tert-OH is 1. The number of hydrogen-bond acceptors (Lipinski definition) is 3. The van der Waals surface area contributed by atoms with Crippen molar-refractivity contribution in [1.29, 1.82) is 0 Å². The second-order valence-electron chi connectivity index (χ2n) is 5.40. The minimum Gasteiger partial charge on any atom is -0.391 e. The number of rotatable bonds is 8. The van der Waals surface area contributed by atoms with Crippen LogP contribution in [0.2, 0.25) is 0 Å². The summed E-state index contributed by atoms with van der Waals surface area (Å²) in [6, 6.07) is -1.38. The predicted octanol–water partition coefficient (Wildman–Crippen LogP) is 0.593. The van der Waals surface area contributed by atoms with E-state index in [1.165, 1.54) is 0 Å². The smallest absolute Gasteiger partial charge is 0.312 e. The maximum atomic E-state index is 12.0. The van der Waals surface area contributed by atoms with Crippen molar-refractivity contribution < 1.29 is 14.7 Å². The van der Waals surface area contributed by atoms with Crippen molar-refractivity contribution >= 4 is 11.9 Å². The van der Waals surface area contributed by atoms with Crippen LogP contribution in [0.4, 0.5) is 4.79 Å². The number of carbonyl (C=O) groups excluding carboxylic acids is 2. The Balaban J connectivity index is 4.35. The highest BCUT2D eigenvalue weighted by molar-refractivity contribution is 5.86. The zero-order valence-electron chi connectivity index (χ0n) is 12.3. The Labute approximate surface area is 115 Å². The number of primary amides is 1. The van der Waals surface area contributed by atoms with E-state index in [0.717, 1.165) is 6.42 Å². The van der Waals surface area contributed by atoms with Gasteiger partial charge >= 0.3 is 6.03 Å². The van der Waals surface area contributed by atoms with Crippen molar-refractivity contribution in [2.45, 2.75) is 52.7 Å². The molecule has 0 aromatic carbocycles. The molecule has 0 aliphatic carbocycles. The molecule has 6 nitrogen and oxygen atoms in total. The van der Waals surface area contributed by atoms with Crippen LogP contribution in [-0.2, 0) is 4.79 Å². The van der Waals surface area contributed by atoms with E-state index >= 15 is 0 Å². The molecule has 5 N–H and O–H groups in total. The fourth-order valence-electron chi connectivity index (χ4n) is 1.81. The highest BCUT2D eigenvalue weighted by Gasteiger charge is 2.25. The number of nitrogens with two attached hydrogens (primary N) is 1. The number of urea groups is 1. The first-order valence-corrected chi connectivity index (χ1v) is 6.79. The first-order valence-electron chi connectivity index (χ1n) is 6.79. The van der Waals surface area contributed by atoms with Crippen LogP contribution in [0.3, 0.4) is 0 Å². The van der Waals surface area contributed by atoms with Crippen LogP contribution in [0.1, 0.15) is 40.5 Å². The molecule has 0 fully saturated rings. The Hall–Kier alpha value is -1.30. The normalized spacial score (nSPS) is 15.7. The summed E-state index contributed by atoms with van der Waals surface area (Å²) in [6.07, 6.45) is 0.792. The minimum absolute atomic E-state index is 0.0188. The summed E-state index contributed by atoms with van der Waals surface area (Å²) in [4.78, 5) is 22.9. The van der Waals surface area contributed by atoms with Gasteiger partial charge in [0.2, 0.25) is 5.91 Å². The number of hydrogen-bond donors (Lipinski definition) is 4. The summed E-state index contributed by atoms with van der Waals surface area (Å²) in [5.41, 5.74) is 5.07. The summed E-state index contributed by atoms with van der Waals surface area (Å²) in [5.74, 6) is 0.0340. The Morgan fingerprint density at radius 3 is 2.26 bits per heavy atom. The first kappa shape index (κ1) is 17.7. The average Bonchev–Trinajstić information content (AvgIpc) is 2.31. The maximum absolute atomic E-state index is 12.0. The fraction of sp³-hybridized carbons (Fsp3) is 0.846. The lowest BCUT2D eigenvalue weighted by atomic mass is 9.98. The molecular formula is C13H27N3O3. The van der Waals surface area contributed by atoms with E-state index < -0.39 is 18.2 Å². The van der Waals surface area contributed by atoms with Crippen molar-refractivity contribution in [3.05, 3.63) is 0 Å². The molecule has 0 aliphatic rings. The summed E-state index contributed by atoms with van der Waals surface area (Å²) < 4.78 is 0. The molecule has 0 aliphatic heterocycles. The number of nitrogens with one attached hydrogen (secondary N) is 2. The van der Waals surface area contributed by atoms with Crippen LogP contribution in [0.15, 0.2) is 0 Å². The number of carbonyl (C=O) groups is 2. The summed E-state index contributed by atoms with van der Waals surface area (Å²) in [7, 11) is 0. The van der Waals surface area contributed by atoms with Crippen LogP contribution in [-0.4, -0.2) is 35.7 Å². The zero-order chi connectivity index (χ0) is 15.0. The molecule has 3 amide bonds. The van der Waals surface area contributed by atoms with Crippen LogP contribution in [0.25, 0.3) is 0 Å². The molecule has 0 saturated heterocycles. The Kier molecular flexibility index (Phi) is 8.14. The van der Waals surface area contributed by atoms with Crippen molar-refractivity contribution in [1.82, 2.24) is 10.6 Å². The summed E-state index contributed by atoms with van der Waals surface area (Å²) in [6.45, 7) is 7.99. The highest BCUT2D eigenvalue weighted by Crippen LogP contribution is 2.08. The second-order valence-corrected chi connectivity index (χ2v) is 5.40. The van der Waals surface area contributed by atoms with Gasteiger partial charge in [-0.05, 0) is 18.3 Å². The molecule has 3 unspecified atom stereocenters. The number of amides is 3. The third-order valence-electron chi connectivity index (χ3n) is 3.05. The van der Waals surface area contributed by atoms with E-state index in [-0.39, 0.29) is 18.4 Å². The zero-order valence-corrected chi connectivity index (χ0v) is 12.3. The molecular weight excluding hydrogens is 246 g/mol. The third kappa shape index (κ3) is 7.66. The molecule has 0 spiro atoms. The van der Waals surface area contributed by atoms with Crippen LogP contribution >= 0.6 is 0 Å². The standard InChI is InChI=1S/C13H27N3O3/c1-5-9(4)11(16-13(14)19)12(18)15-7-10(17)6-8(2)3/h8-11,17H,5-7H2,1-4H3,(H,15,18)(H3,14,16,19). The topological polar surface area (TPSA) is 104 Å². The third-order valence-corrected chi connectivity index (χ3v) is 3.05. The van der Waals surface area contributed by atoms with Crippen LogP contribution in [0.5, 0.6) is 0 Å². The molecule has 0 bridgehead atoms. The highest BCUT2D eigenvalue weighted by atomic mass is 16.3. The molecule has 6 heteroatoms. The van der Waals surface area contributed by atoms with Gasteiger partial charge in [0.15, 0.2) is 0 Å². The minimum atomic E-state index is -0.719. The van der Waals surface area contributed by atoms with Gasteiger partial charge in [-0.3, -0.25) is 4.79 Å². The van der Waals surface area contributed by atoms with Crippen molar-refractivity contribution in [2.24, 2.45) is 17.6 Å². The van der Waals surface area contributed by atoms with Crippen LogP contribution in [0, 0.1) is 11.8 Å². The van der Waals surface area contributed by atoms with E-state index in [1.807, 2.05) is 27.7 Å². The molecule has 0 aromatic heterocycles. The molecule has 112 valence electrons. The lowest BCUT2D eigenvalue weighted by molar-refractivity contribution is -0.124. The van der Waals surface area contributed by atoms with Crippen LogP contribution < -0.4 is 16.4 Å². The Morgan fingerprint density at radius 1 is 1.26 bits per heavy atom. The fourth-order valence-corrected chi connectivity index (χ4v) is 1.81. The predicted molar refractivity (Wildman–Crippen MR) is 74.4 cm³/mol. The van der Waals surface area contributed by atoms with E-state index in [4.69, 9.17) is 5.73 Å². The second kappa shape index (κ2) is 8.74. The van der Waals surface area contributed by atoms with Gasteiger partial charge < -0.3 is 21.5 Å². The monoisotopic (exact) mass is 273 g/mol. The maximum Gasteiger partial charge on any atom is 0.312 e. The summed E-state index contributed by atoms with van der Waals surface area (Å²) >= 11 is 0. The molecule has 19 heavy (non-hydrogen) atoms. The van der Waals surface area contributed by atoms with Gasteiger partial charge in [-0.15, -0.1) is 0 Å². The van der Waals surface area contributed by atoms with E-state index in [0.29, 0.717) is 12.3 Å². The van der Waals surface area contributed by atoms with E-state index in [2.05, 4.69) is 10.6 Å². The van der Waals surface area contributed by atoms with Gasteiger partial charge in [0.25, 0.3) is 0 Å². The average molecular weight is 273 g/mol. The molecule has 0 heterocycles. The lowest BCUT2D eigenvalue weighted by Crippen LogP contribution is -2.52. The van der Waals surface area contributed by atoms with Crippen molar-refractivity contribution in [2.75, 3.05) is 6.54 Å². The lowest BCUT2D eigenvalue weighted by Gasteiger charge is -2.23. The van der Waals surface area contributed by atoms with Gasteiger partial charge in [0.1, 0.15) is 6.04 Å².